The minimum absolute atomic E-state index is 0.270. The normalized spacial score (nSPS) is 19.6. The summed E-state index contributed by atoms with van der Waals surface area (Å²) in [7, 11) is -2.85. The molecule has 1 aliphatic carbocycles. The number of nitrogens with one attached hydrogen (secondary N) is 1. The molecule has 1 aromatic heterocycles. The van der Waals surface area contributed by atoms with Gasteiger partial charge in [0.15, 0.2) is 0 Å². The molecular weight excluding hydrogens is 272 g/mol. The summed E-state index contributed by atoms with van der Waals surface area (Å²) in [6.07, 6.45) is 11.3. The molecule has 0 spiro atoms. The Labute approximate surface area is 122 Å². The molecule has 0 aromatic carbocycles. The second kappa shape index (κ2) is 6.76. The van der Waals surface area contributed by atoms with E-state index in [0.29, 0.717) is 12.5 Å². The highest BCUT2D eigenvalue weighted by Crippen LogP contribution is 2.29. The van der Waals surface area contributed by atoms with Crippen LogP contribution in [0.25, 0.3) is 0 Å². The minimum atomic E-state index is -2.85. The molecule has 114 valence electrons. The van der Waals surface area contributed by atoms with Gasteiger partial charge in [0, 0.05) is 31.2 Å². The van der Waals surface area contributed by atoms with Crippen molar-refractivity contribution < 1.29 is 8.42 Å². The smallest absolute Gasteiger partial charge is 0.147 e. The lowest BCUT2D eigenvalue weighted by molar-refractivity contribution is 0.501. The first-order valence-electron chi connectivity index (χ1n) is 7.59. The summed E-state index contributed by atoms with van der Waals surface area (Å²) < 4.78 is 24.5. The van der Waals surface area contributed by atoms with Crippen molar-refractivity contribution in [2.45, 2.75) is 51.6 Å². The Morgan fingerprint density at radius 1 is 1.35 bits per heavy atom. The maximum absolute atomic E-state index is 11.2. The van der Waals surface area contributed by atoms with Gasteiger partial charge in [0.25, 0.3) is 0 Å². The number of aromatic nitrogens is 1. The third-order valence-corrected chi connectivity index (χ3v) is 4.97. The Morgan fingerprint density at radius 3 is 2.85 bits per heavy atom. The van der Waals surface area contributed by atoms with Crippen molar-refractivity contribution in [3.8, 4) is 0 Å². The van der Waals surface area contributed by atoms with Gasteiger partial charge in [0.05, 0.1) is 5.75 Å². The molecule has 0 saturated carbocycles. The zero-order valence-electron chi connectivity index (χ0n) is 12.6. The van der Waals surface area contributed by atoms with Gasteiger partial charge in [-0.1, -0.05) is 13.3 Å². The van der Waals surface area contributed by atoms with Gasteiger partial charge < -0.3 is 9.88 Å². The first-order valence-corrected chi connectivity index (χ1v) is 9.65. The molecule has 20 heavy (non-hydrogen) atoms. The van der Waals surface area contributed by atoms with E-state index in [1.165, 1.54) is 36.6 Å². The summed E-state index contributed by atoms with van der Waals surface area (Å²) in [5.74, 6) is 0.270. The predicted octanol–water partition coefficient (Wildman–Crippen LogP) is 2.30. The van der Waals surface area contributed by atoms with Crippen molar-refractivity contribution in [2.75, 3.05) is 18.6 Å². The van der Waals surface area contributed by atoms with Crippen LogP contribution in [0.3, 0.4) is 0 Å². The number of aryl methyl sites for hydroxylation is 2. The summed E-state index contributed by atoms with van der Waals surface area (Å²) in [4.78, 5) is 0. The summed E-state index contributed by atoms with van der Waals surface area (Å²) >= 11 is 0. The highest BCUT2D eigenvalue weighted by atomic mass is 32.2. The van der Waals surface area contributed by atoms with Gasteiger partial charge in [0.2, 0.25) is 0 Å². The molecule has 2 rings (SSSR count). The van der Waals surface area contributed by atoms with Crippen LogP contribution in [0.5, 0.6) is 0 Å². The SMILES string of the molecule is CCNC1CCCCc2cn(CCCS(C)(=O)=O)cc21. The molecule has 0 bridgehead atoms. The van der Waals surface area contributed by atoms with Crippen LogP contribution in [0, 0.1) is 0 Å². The number of hydrogen-bond acceptors (Lipinski definition) is 3. The van der Waals surface area contributed by atoms with Crippen LogP contribution >= 0.6 is 0 Å². The van der Waals surface area contributed by atoms with Gasteiger partial charge in [0.1, 0.15) is 9.84 Å². The maximum Gasteiger partial charge on any atom is 0.147 e. The zero-order chi connectivity index (χ0) is 14.6. The first kappa shape index (κ1) is 15.6. The van der Waals surface area contributed by atoms with Crippen molar-refractivity contribution in [2.24, 2.45) is 0 Å². The van der Waals surface area contributed by atoms with Crippen molar-refractivity contribution in [3.05, 3.63) is 23.5 Å². The average Bonchev–Trinajstić information content (AvgIpc) is 2.66. The lowest BCUT2D eigenvalue weighted by Gasteiger charge is -2.15. The van der Waals surface area contributed by atoms with Crippen LogP contribution in [0.2, 0.25) is 0 Å². The van der Waals surface area contributed by atoms with E-state index in [-0.39, 0.29) is 5.75 Å². The largest absolute Gasteiger partial charge is 0.354 e. The molecule has 0 fully saturated rings. The van der Waals surface area contributed by atoms with Crippen LogP contribution in [0.15, 0.2) is 12.4 Å². The van der Waals surface area contributed by atoms with Crippen molar-refractivity contribution in [1.82, 2.24) is 9.88 Å². The van der Waals surface area contributed by atoms with Crippen molar-refractivity contribution in [3.63, 3.8) is 0 Å². The number of fused-ring (bicyclic) bond motifs is 1. The van der Waals surface area contributed by atoms with Gasteiger partial charge in [-0.25, -0.2) is 8.42 Å². The van der Waals surface area contributed by atoms with E-state index >= 15 is 0 Å². The fraction of sp³-hybridized carbons (Fsp3) is 0.733. The third-order valence-electron chi connectivity index (χ3n) is 3.94. The molecule has 0 saturated heterocycles. The molecule has 0 amide bonds. The number of sulfone groups is 1. The topological polar surface area (TPSA) is 51.1 Å². The van der Waals surface area contributed by atoms with Crippen molar-refractivity contribution >= 4 is 9.84 Å². The van der Waals surface area contributed by atoms with Gasteiger partial charge in [-0.2, -0.15) is 0 Å². The van der Waals surface area contributed by atoms with E-state index in [2.05, 4.69) is 29.2 Å². The Balaban J connectivity index is 2.04. The number of rotatable bonds is 6. The molecule has 0 radical (unpaired) electrons. The Bertz CT molecular complexity index is 534. The second-order valence-electron chi connectivity index (χ2n) is 5.82. The molecule has 4 nitrogen and oxygen atoms in total. The quantitative estimate of drug-likeness (QED) is 0.820. The molecule has 1 N–H and O–H groups in total. The van der Waals surface area contributed by atoms with Crippen LogP contribution in [-0.4, -0.2) is 31.5 Å². The molecule has 0 aliphatic heterocycles. The Kier molecular flexibility index (Phi) is 5.27. The van der Waals surface area contributed by atoms with E-state index in [0.717, 1.165) is 19.5 Å². The lowest BCUT2D eigenvalue weighted by atomic mass is 10.0. The summed E-state index contributed by atoms with van der Waals surface area (Å²) in [6.45, 7) is 3.93. The van der Waals surface area contributed by atoms with Gasteiger partial charge >= 0.3 is 0 Å². The predicted molar refractivity (Wildman–Crippen MR) is 82.7 cm³/mol. The lowest BCUT2D eigenvalue weighted by Crippen LogP contribution is -2.20. The fourth-order valence-electron chi connectivity index (χ4n) is 3.01. The molecule has 1 aromatic rings. The molecular formula is C15H26N2O2S. The van der Waals surface area contributed by atoms with E-state index in [1.54, 1.807) is 0 Å². The van der Waals surface area contributed by atoms with Crippen molar-refractivity contribution in [1.29, 1.82) is 0 Å². The first-order chi connectivity index (χ1) is 9.49. The Morgan fingerprint density at radius 2 is 2.15 bits per heavy atom. The minimum Gasteiger partial charge on any atom is -0.354 e. The van der Waals surface area contributed by atoms with E-state index in [9.17, 15) is 8.42 Å². The number of nitrogens with zero attached hydrogens (tertiary/aromatic N) is 1. The highest BCUT2D eigenvalue weighted by molar-refractivity contribution is 7.90. The molecule has 1 unspecified atom stereocenters. The van der Waals surface area contributed by atoms with Crippen LogP contribution in [0.4, 0.5) is 0 Å². The monoisotopic (exact) mass is 298 g/mol. The van der Waals surface area contributed by atoms with E-state index in [4.69, 9.17) is 0 Å². The third kappa shape index (κ3) is 4.35. The van der Waals surface area contributed by atoms with Crippen LogP contribution in [-0.2, 0) is 22.8 Å². The van der Waals surface area contributed by atoms with Gasteiger partial charge in [-0.3, -0.25) is 0 Å². The van der Waals surface area contributed by atoms with Crippen LogP contribution < -0.4 is 5.32 Å². The van der Waals surface area contributed by atoms with Gasteiger partial charge in [-0.15, -0.1) is 0 Å². The highest BCUT2D eigenvalue weighted by Gasteiger charge is 2.19. The standard InChI is InChI=1S/C15H26N2O2S/c1-3-16-15-8-5-4-7-13-11-17(12-14(13)15)9-6-10-20(2,18)19/h11-12,15-16H,3-10H2,1-2H3. The number of hydrogen-bond donors (Lipinski definition) is 1. The van der Waals surface area contributed by atoms with E-state index < -0.39 is 9.84 Å². The summed E-state index contributed by atoms with van der Waals surface area (Å²) in [5, 5.41) is 3.57. The molecule has 5 heteroatoms. The Hall–Kier alpha value is -0.810. The second-order valence-corrected chi connectivity index (χ2v) is 8.08. The van der Waals surface area contributed by atoms with Crippen LogP contribution in [0.1, 0.15) is 49.8 Å². The van der Waals surface area contributed by atoms with Gasteiger partial charge in [-0.05, 0) is 43.4 Å². The molecule has 1 aliphatic rings. The summed E-state index contributed by atoms with van der Waals surface area (Å²) in [5.41, 5.74) is 2.86. The fourth-order valence-corrected chi connectivity index (χ4v) is 3.67. The maximum atomic E-state index is 11.2. The zero-order valence-corrected chi connectivity index (χ0v) is 13.4. The summed E-state index contributed by atoms with van der Waals surface area (Å²) in [6, 6.07) is 0.466. The molecule has 1 atom stereocenters. The average molecular weight is 298 g/mol. The molecule has 1 heterocycles. The van der Waals surface area contributed by atoms with E-state index in [1.807, 2.05) is 0 Å².